The second-order valence-corrected chi connectivity index (χ2v) is 9.80. The number of urea groups is 1. The van der Waals surface area contributed by atoms with Crippen LogP contribution in [0.2, 0.25) is 0 Å². The van der Waals surface area contributed by atoms with E-state index in [9.17, 15) is 4.79 Å². The molecule has 2 amide bonds. The first kappa shape index (κ1) is 25.2. The fraction of sp³-hybridized carbons (Fsp3) is 0.464. The number of nitrogens with zero attached hydrogens (tertiary/aromatic N) is 4. The maximum atomic E-state index is 12.8. The zero-order valence-corrected chi connectivity index (χ0v) is 21.7. The molecule has 5 rings (SSSR count). The highest BCUT2D eigenvalue weighted by molar-refractivity contribution is 6.11. The standard InChI is InChI=1S/C28H36N6O3/c1-3-4-15-37-27-31-25(29)24-26(32-27)34(28(35)30-24)18-19-7-10-21(11-8-19)22-16-20(9-12-23(22)36-2)17-33-13-5-6-14-33/h7-12,16,24-25H,3-6,13-15,17-18,29H2,1-2H3,(H,30,35). The number of aliphatic imine (C=N–C) groups is 2. The van der Waals surface area contributed by atoms with Crippen LogP contribution in [0.25, 0.3) is 11.1 Å². The molecular weight excluding hydrogens is 468 g/mol. The summed E-state index contributed by atoms with van der Waals surface area (Å²) >= 11 is 0. The highest BCUT2D eigenvalue weighted by atomic mass is 16.5. The van der Waals surface area contributed by atoms with Gasteiger partial charge in [-0.05, 0) is 61.2 Å². The lowest BCUT2D eigenvalue weighted by molar-refractivity contribution is 0.226. The number of nitrogens with two attached hydrogens (primary N) is 1. The molecule has 3 heterocycles. The number of fused-ring (bicyclic) bond motifs is 1. The van der Waals surface area contributed by atoms with Gasteiger partial charge in [-0.1, -0.05) is 43.7 Å². The number of rotatable bonds is 9. The first-order valence-corrected chi connectivity index (χ1v) is 13.2. The maximum Gasteiger partial charge on any atom is 0.323 e. The average molecular weight is 505 g/mol. The maximum absolute atomic E-state index is 12.8. The molecule has 2 aromatic rings. The Kier molecular flexibility index (Phi) is 7.71. The third-order valence-electron chi connectivity index (χ3n) is 7.09. The minimum Gasteiger partial charge on any atom is -0.496 e. The number of nitrogens with one attached hydrogen (secondary N) is 1. The van der Waals surface area contributed by atoms with Crippen molar-refractivity contribution in [2.45, 2.75) is 57.9 Å². The van der Waals surface area contributed by atoms with E-state index in [-0.39, 0.29) is 12.1 Å². The van der Waals surface area contributed by atoms with Crippen LogP contribution in [0.4, 0.5) is 4.79 Å². The Morgan fingerprint density at radius 3 is 2.57 bits per heavy atom. The van der Waals surface area contributed by atoms with Gasteiger partial charge in [0.2, 0.25) is 0 Å². The second-order valence-electron chi connectivity index (χ2n) is 9.80. The third-order valence-corrected chi connectivity index (χ3v) is 7.09. The van der Waals surface area contributed by atoms with Gasteiger partial charge in [0, 0.05) is 12.1 Å². The molecule has 3 aliphatic heterocycles. The van der Waals surface area contributed by atoms with Gasteiger partial charge in [0.25, 0.3) is 0 Å². The fourth-order valence-electron chi connectivity index (χ4n) is 5.02. The van der Waals surface area contributed by atoms with Gasteiger partial charge in [-0.3, -0.25) is 9.80 Å². The molecule has 2 aromatic carbocycles. The lowest BCUT2D eigenvalue weighted by Crippen LogP contribution is -2.48. The van der Waals surface area contributed by atoms with Crippen LogP contribution in [-0.2, 0) is 17.8 Å². The Hall–Kier alpha value is -3.43. The van der Waals surface area contributed by atoms with Gasteiger partial charge < -0.3 is 20.5 Å². The van der Waals surface area contributed by atoms with E-state index in [1.165, 1.54) is 18.4 Å². The Bertz CT molecular complexity index is 1170. The SMILES string of the molecule is CCCCOC1=NC(N)C2NC(=O)N(Cc3ccc(-c4cc(CN5CCCC5)ccc4OC)cc3)C2=N1. The molecule has 37 heavy (non-hydrogen) atoms. The first-order chi connectivity index (χ1) is 18.1. The number of ether oxygens (including phenoxy) is 2. The minimum absolute atomic E-state index is 0.232. The van der Waals surface area contributed by atoms with Crippen LogP contribution in [-0.4, -0.2) is 66.7 Å². The smallest absolute Gasteiger partial charge is 0.323 e. The molecule has 0 aliphatic carbocycles. The summed E-state index contributed by atoms with van der Waals surface area (Å²) < 4.78 is 11.3. The molecule has 9 nitrogen and oxygen atoms in total. The van der Waals surface area contributed by atoms with Crippen molar-refractivity contribution in [3.05, 3.63) is 53.6 Å². The molecule has 196 valence electrons. The summed E-state index contributed by atoms with van der Waals surface area (Å²) in [6.45, 7) is 6.27. The molecule has 2 saturated heterocycles. The van der Waals surface area contributed by atoms with E-state index < -0.39 is 12.2 Å². The molecule has 0 saturated carbocycles. The van der Waals surface area contributed by atoms with E-state index in [2.05, 4.69) is 57.5 Å². The zero-order chi connectivity index (χ0) is 25.8. The number of unbranched alkanes of at least 4 members (excludes halogenated alkanes) is 1. The topological polar surface area (TPSA) is 105 Å². The lowest BCUT2D eigenvalue weighted by Gasteiger charge is -2.23. The van der Waals surface area contributed by atoms with Gasteiger partial charge in [-0.25, -0.2) is 9.79 Å². The molecule has 0 aromatic heterocycles. The Balaban J connectivity index is 1.32. The number of carbonyl (C=O) groups is 1. The van der Waals surface area contributed by atoms with E-state index in [4.69, 9.17) is 15.2 Å². The normalized spacial score (nSPS) is 21.4. The molecule has 9 heteroatoms. The van der Waals surface area contributed by atoms with Gasteiger partial charge in [-0.2, -0.15) is 4.99 Å². The Morgan fingerprint density at radius 2 is 1.84 bits per heavy atom. The van der Waals surface area contributed by atoms with Crippen molar-refractivity contribution in [3.63, 3.8) is 0 Å². The number of hydrogen-bond acceptors (Lipinski definition) is 7. The molecule has 2 unspecified atom stereocenters. The van der Waals surface area contributed by atoms with Crippen LogP contribution < -0.4 is 15.8 Å². The molecule has 2 atom stereocenters. The number of hydrogen-bond donors (Lipinski definition) is 2. The number of likely N-dealkylation sites (tertiary alicyclic amines) is 1. The zero-order valence-electron chi connectivity index (χ0n) is 21.7. The van der Waals surface area contributed by atoms with Crippen molar-refractivity contribution in [1.29, 1.82) is 0 Å². The summed E-state index contributed by atoms with van der Waals surface area (Å²) in [5, 5.41) is 2.90. The van der Waals surface area contributed by atoms with E-state index in [1.807, 2.05) is 12.1 Å². The van der Waals surface area contributed by atoms with Crippen molar-refractivity contribution in [2.75, 3.05) is 26.8 Å². The molecule has 0 radical (unpaired) electrons. The average Bonchev–Trinajstić information content (AvgIpc) is 3.53. The van der Waals surface area contributed by atoms with Gasteiger partial charge in [0.05, 0.1) is 20.3 Å². The predicted octanol–water partition coefficient (Wildman–Crippen LogP) is 3.72. The highest BCUT2D eigenvalue weighted by Crippen LogP contribution is 2.32. The number of carbonyl (C=O) groups excluding carboxylic acids is 1. The van der Waals surface area contributed by atoms with Crippen molar-refractivity contribution in [2.24, 2.45) is 15.7 Å². The molecule has 3 N–H and O–H groups in total. The summed E-state index contributed by atoms with van der Waals surface area (Å²) in [6, 6.07) is 14.2. The van der Waals surface area contributed by atoms with Crippen molar-refractivity contribution in [3.8, 4) is 16.9 Å². The second kappa shape index (κ2) is 11.3. The summed E-state index contributed by atoms with van der Waals surface area (Å²) in [5.74, 6) is 1.40. The van der Waals surface area contributed by atoms with Gasteiger partial charge in [0.1, 0.15) is 23.8 Å². The van der Waals surface area contributed by atoms with E-state index in [0.717, 1.165) is 54.9 Å². The molecule has 0 bridgehead atoms. The van der Waals surface area contributed by atoms with Crippen LogP contribution in [0.5, 0.6) is 5.75 Å². The first-order valence-electron chi connectivity index (χ1n) is 13.2. The highest BCUT2D eigenvalue weighted by Gasteiger charge is 2.42. The number of amidine groups is 2. The van der Waals surface area contributed by atoms with Crippen molar-refractivity contribution >= 4 is 17.9 Å². The van der Waals surface area contributed by atoms with Crippen LogP contribution >= 0.6 is 0 Å². The van der Waals surface area contributed by atoms with E-state index >= 15 is 0 Å². The molecular formula is C28H36N6O3. The largest absolute Gasteiger partial charge is 0.496 e. The van der Waals surface area contributed by atoms with Crippen molar-refractivity contribution in [1.82, 2.24) is 15.1 Å². The summed E-state index contributed by atoms with van der Waals surface area (Å²) in [6.07, 6.45) is 3.84. The van der Waals surface area contributed by atoms with Crippen LogP contribution in [0.15, 0.2) is 52.4 Å². The molecule has 0 spiro atoms. The van der Waals surface area contributed by atoms with E-state index in [1.54, 1.807) is 12.0 Å². The Morgan fingerprint density at radius 1 is 1.08 bits per heavy atom. The fourth-order valence-corrected chi connectivity index (χ4v) is 5.02. The van der Waals surface area contributed by atoms with Crippen LogP contribution in [0.1, 0.15) is 43.7 Å². The van der Waals surface area contributed by atoms with Crippen LogP contribution in [0.3, 0.4) is 0 Å². The van der Waals surface area contributed by atoms with Crippen LogP contribution in [0, 0.1) is 0 Å². The third kappa shape index (κ3) is 5.62. The monoisotopic (exact) mass is 504 g/mol. The summed E-state index contributed by atoms with van der Waals surface area (Å²) in [5.41, 5.74) is 10.6. The summed E-state index contributed by atoms with van der Waals surface area (Å²) in [4.78, 5) is 25.7. The Labute approximate surface area is 218 Å². The number of amides is 2. The van der Waals surface area contributed by atoms with E-state index in [0.29, 0.717) is 19.0 Å². The van der Waals surface area contributed by atoms with Gasteiger partial charge in [-0.15, -0.1) is 0 Å². The van der Waals surface area contributed by atoms with Gasteiger partial charge >= 0.3 is 12.1 Å². The molecule has 2 fully saturated rings. The predicted molar refractivity (Wildman–Crippen MR) is 145 cm³/mol. The van der Waals surface area contributed by atoms with Crippen molar-refractivity contribution < 1.29 is 14.3 Å². The van der Waals surface area contributed by atoms with Gasteiger partial charge in [0.15, 0.2) is 0 Å². The number of benzene rings is 2. The molecule has 3 aliphatic rings. The summed E-state index contributed by atoms with van der Waals surface area (Å²) in [7, 11) is 1.70. The number of methoxy groups -OCH3 is 1. The minimum atomic E-state index is -0.624. The quantitative estimate of drug-likeness (QED) is 0.507. The lowest BCUT2D eigenvalue weighted by atomic mass is 10.00.